The minimum Gasteiger partial charge on any atom is -0.391 e. The standard InChI is InChI=1S/C24H25N5O2/c30-20-13-7-12-19(20)26-24-27-22-21(23(31)29(24)15-18-10-5-2-6-11-18)28(16-25-22)14-17-8-3-1-4-9-17/h1-6,8-11,16,19-20,30H,7,12-15H2,(H,26,27)/t19-,20-/m1/s1. The summed E-state index contributed by atoms with van der Waals surface area (Å²) in [7, 11) is 0. The summed E-state index contributed by atoms with van der Waals surface area (Å²) in [5.74, 6) is 0.456. The molecule has 4 aromatic rings. The largest absolute Gasteiger partial charge is 0.391 e. The third kappa shape index (κ3) is 3.96. The lowest BCUT2D eigenvalue weighted by molar-refractivity contribution is 0.171. The number of aliphatic hydroxyl groups is 1. The topological polar surface area (TPSA) is 85.0 Å². The second kappa shape index (κ2) is 8.35. The molecule has 1 fully saturated rings. The number of nitrogens with zero attached hydrogens (tertiary/aromatic N) is 4. The first-order valence-corrected chi connectivity index (χ1v) is 10.7. The summed E-state index contributed by atoms with van der Waals surface area (Å²) in [4.78, 5) is 22.8. The Morgan fingerprint density at radius 2 is 1.65 bits per heavy atom. The number of anilines is 1. The number of benzene rings is 2. The molecule has 1 aliphatic carbocycles. The van der Waals surface area contributed by atoms with Crippen LogP contribution < -0.4 is 10.9 Å². The van der Waals surface area contributed by atoms with Gasteiger partial charge in [-0.15, -0.1) is 0 Å². The summed E-state index contributed by atoms with van der Waals surface area (Å²) in [5.41, 5.74) is 2.86. The molecule has 2 heterocycles. The predicted octanol–water partition coefficient (Wildman–Crippen LogP) is 3.01. The van der Waals surface area contributed by atoms with Gasteiger partial charge in [-0.1, -0.05) is 60.7 Å². The van der Waals surface area contributed by atoms with Crippen LogP contribution in [-0.4, -0.2) is 36.4 Å². The number of hydrogen-bond donors (Lipinski definition) is 2. The number of fused-ring (bicyclic) bond motifs is 1. The van der Waals surface area contributed by atoms with Gasteiger partial charge in [0.25, 0.3) is 5.56 Å². The second-order valence-electron chi connectivity index (χ2n) is 8.09. The first-order valence-electron chi connectivity index (χ1n) is 10.7. The van der Waals surface area contributed by atoms with Gasteiger partial charge in [0.1, 0.15) is 0 Å². The van der Waals surface area contributed by atoms with Crippen LogP contribution in [0.3, 0.4) is 0 Å². The fourth-order valence-electron chi connectivity index (χ4n) is 4.25. The van der Waals surface area contributed by atoms with Crippen LogP contribution in [0.15, 0.2) is 71.8 Å². The van der Waals surface area contributed by atoms with Crippen molar-refractivity contribution in [2.24, 2.45) is 0 Å². The maximum absolute atomic E-state index is 13.6. The molecule has 158 valence electrons. The molecule has 0 bridgehead atoms. The molecule has 0 aliphatic heterocycles. The van der Waals surface area contributed by atoms with E-state index in [4.69, 9.17) is 4.98 Å². The molecule has 7 nitrogen and oxygen atoms in total. The van der Waals surface area contributed by atoms with Crippen LogP contribution >= 0.6 is 0 Å². The maximum atomic E-state index is 13.6. The van der Waals surface area contributed by atoms with E-state index >= 15 is 0 Å². The van der Waals surface area contributed by atoms with Crippen molar-refractivity contribution >= 4 is 17.1 Å². The quantitative estimate of drug-likeness (QED) is 0.506. The minimum absolute atomic E-state index is 0.113. The van der Waals surface area contributed by atoms with E-state index in [1.165, 1.54) is 0 Å². The Kier molecular flexibility index (Phi) is 5.26. The zero-order valence-corrected chi connectivity index (χ0v) is 17.2. The van der Waals surface area contributed by atoms with Crippen LogP contribution in [-0.2, 0) is 13.1 Å². The molecule has 0 unspecified atom stereocenters. The highest BCUT2D eigenvalue weighted by Crippen LogP contribution is 2.23. The molecular weight excluding hydrogens is 390 g/mol. The predicted molar refractivity (Wildman–Crippen MR) is 120 cm³/mol. The van der Waals surface area contributed by atoms with Crippen LogP contribution in [0, 0.1) is 0 Å². The van der Waals surface area contributed by atoms with Gasteiger partial charge in [0.2, 0.25) is 5.95 Å². The molecule has 31 heavy (non-hydrogen) atoms. The van der Waals surface area contributed by atoms with E-state index in [0.29, 0.717) is 30.2 Å². The Bertz CT molecular complexity index is 1230. The molecule has 2 aromatic carbocycles. The van der Waals surface area contributed by atoms with E-state index in [-0.39, 0.29) is 11.6 Å². The number of aliphatic hydroxyl groups excluding tert-OH is 1. The van der Waals surface area contributed by atoms with Gasteiger partial charge in [-0.25, -0.2) is 4.98 Å². The Morgan fingerprint density at radius 1 is 0.968 bits per heavy atom. The maximum Gasteiger partial charge on any atom is 0.281 e. The Hall–Kier alpha value is -3.45. The van der Waals surface area contributed by atoms with Crippen molar-refractivity contribution in [1.82, 2.24) is 19.1 Å². The van der Waals surface area contributed by atoms with Crippen molar-refractivity contribution in [3.8, 4) is 0 Å². The average Bonchev–Trinajstić information content (AvgIpc) is 3.38. The molecule has 0 saturated heterocycles. The lowest BCUT2D eigenvalue weighted by Crippen LogP contribution is -2.34. The van der Waals surface area contributed by atoms with Gasteiger partial charge in [0, 0.05) is 6.54 Å². The molecule has 0 amide bonds. The smallest absolute Gasteiger partial charge is 0.281 e. The summed E-state index contributed by atoms with van der Waals surface area (Å²) >= 11 is 0. The van der Waals surface area contributed by atoms with Crippen molar-refractivity contribution in [2.45, 2.75) is 44.5 Å². The van der Waals surface area contributed by atoms with E-state index in [9.17, 15) is 9.90 Å². The van der Waals surface area contributed by atoms with Crippen LogP contribution in [0.2, 0.25) is 0 Å². The molecular formula is C24H25N5O2. The first-order chi connectivity index (χ1) is 15.2. The number of nitrogens with one attached hydrogen (secondary N) is 1. The molecule has 1 saturated carbocycles. The second-order valence-corrected chi connectivity index (χ2v) is 8.09. The van der Waals surface area contributed by atoms with E-state index in [1.807, 2.05) is 65.2 Å². The van der Waals surface area contributed by atoms with Gasteiger partial charge in [0.05, 0.1) is 25.0 Å². The average molecular weight is 415 g/mol. The Balaban J connectivity index is 1.59. The van der Waals surface area contributed by atoms with Gasteiger partial charge >= 0.3 is 0 Å². The van der Waals surface area contributed by atoms with Crippen LogP contribution in [0.1, 0.15) is 30.4 Å². The highest BCUT2D eigenvalue weighted by Gasteiger charge is 2.27. The summed E-state index contributed by atoms with van der Waals surface area (Å²) in [5, 5.41) is 13.6. The molecule has 1 aliphatic rings. The van der Waals surface area contributed by atoms with Crippen LogP contribution in [0.25, 0.3) is 11.2 Å². The van der Waals surface area contributed by atoms with Crippen molar-refractivity contribution in [3.05, 3.63) is 88.5 Å². The summed E-state index contributed by atoms with van der Waals surface area (Å²) in [6.07, 6.45) is 3.80. The number of aromatic nitrogens is 4. The van der Waals surface area contributed by atoms with Crippen molar-refractivity contribution in [3.63, 3.8) is 0 Å². The first kappa shape index (κ1) is 19.5. The number of imidazole rings is 1. The zero-order valence-electron chi connectivity index (χ0n) is 17.2. The van der Waals surface area contributed by atoms with Crippen molar-refractivity contribution < 1.29 is 5.11 Å². The molecule has 0 radical (unpaired) electrons. The molecule has 5 rings (SSSR count). The van der Waals surface area contributed by atoms with Gasteiger partial charge in [-0.05, 0) is 30.4 Å². The Labute approximate surface area is 180 Å². The van der Waals surface area contributed by atoms with Crippen LogP contribution in [0.5, 0.6) is 0 Å². The van der Waals surface area contributed by atoms with Gasteiger partial charge in [-0.3, -0.25) is 9.36 Å². The fourth-order valence-corrected chi connectivity index (χ4v) is 4.25. The normalized spacial score (nSPS) is 18.5. The molecule has 0 spiro atoms. The molecule has 2 aromatic heterocycles. The third-order valence-corrected chi connectivity index (χ3v) is 5.91. The number of rotatable bonds is 6. The number of hydrogen-bond acceptors (Lipinski definition) is 5. The van der Waals surface area contributed by atoms with E-state index in [2.05, 4.69) is 10.3 Å². The zero-order chi connectivity index (χ0) is 21.2. The molecule has 7 heteroatoms. The van der Waals surface area contributed by atoms with Gasteiger partial charge in [-0.2, -0.15) is 4.98 Å². The lowest BCUT2D eigenvalue weighted by Gasteiger charge is -2.20. The monoisotopic (exact) mass is 415 g/mol. The van der Waals surface area contributed by atoms with Crippen molar-refractivity contribution in [1.29, 1.82) is 0 Å². The fraction of sp³-hybridized carbons (Fsp3) is 0.292. The molecule has 2 atom stereocenters. The van der Waals surface area contributed by atoms with Crippen molar-refractivity contribution in [2.75, 3.05) is 5.32 Å². The summed E-state index contributed by atoms with van der Waals surface area (Å²) in [6.45, 7) is 0.942. The van der Waals surface area contributed by atoms with Crippen LogP contribution in [0.4, 0.5) is 5.95 Å². The highest BCUT2D eigenvalue weighted by atomic mass is 16.3. The molecule has 2 N–H and O–H groups in total. The Morgan fingerprint density at radius 3 is 2.29 bits per heavy atom. The van der Waals surface area contributed by atoms with Gasteiger partial charge in [0.15, 0.2) is 11.2 Å². The minimum atomic E-state index is -0.437. The van der Waals surface area contributed by atoms with E-state index < -0.39 is 6.10 Å². The third-order valence-electron chi connectivity index (χ3n) is 5.91. The van der Waals surface area contributed by atoms with Gasteiger partial charge < -0.3 is 15.0 Å². The SMILES string of the molecule is O=c1c2c(ncn2Cc2ccccc2)nc(N[C@@H]2CCC[C@H]2O)n1Cc1ccccc1. The lowest BCUT2D eigenvalue weighted by atomic mass is 10.2. The van der Waals surface area contributed by atoms with E-state index in [1.54, 1.807) is 10.9 Å². The van der Waals surface area contributed by atoms with E-state index in [0.717, 1.165) is 30.4 Å². The summed E-state index contributed by atoms with van der Waals surface area (Å²) < 4.78 is 3.52. The highest BCUT2D eigenvalue weighted by molar-refractivity contribution is 5.71. The summed E-state index contributed by atoms with van der Waals surface area (Å²) in [6, 6.07) is 19.7.